The number of piperazine rings is 1. The maximum Gasteiger partial charge on any atom is 0.221 e. The Kier molecular flexibility index (Phi) is 3.47. The molecule has 0 radical (unpaired) electrons. The Bertz CT molecular complexity index is 1460. The highest BCUT2D eigenvalue weighted by Crippen LogP contribution is 2.23. The molecule has 1 aromatic rings. The van der Waals surface area contributed by atoms with Gasteiger partial charge in [-0.3, -0.25) is 9.69 Å². The molecule has 0 aromatic heterocycles. The molecule has 1 fully saturated rings. The molecular formula is C21H35FN4O3S. The van der Waals surface area contributed by atoms with Crippen molar-refractivity contribution in [2.45, 2.75) is 33.5 Å². The molecule has 7 nitrogen and oxygen atoms in total. The summed E-state index contributed by atoms with van der Waals surface area (Å²) in [5, 5.41) is 0.172. The van der Waals surface area contributed by atoms with E-state index in [1.807, 2.05) is 0 Å². The van der Waals surface area contributed by atoms with Crippen molar-refractivity contribution in [2.75, 3.05) is 62.1 Å². The van der Waals surface area contributed by atoms with Crippen molar-refractivity contribution in [3.05, 3.63) is 23.9 Å². The molecular weight excluding hydrogens is 407 g/mol. The second kappa shape index (κ2) is 11.1. The third kappa shape index (κ3) is 7.85. The van der Waals surface area contributed by atoms with Crippen LogP contribution >= 0.6 is 0 Å². The van der Waals surface area contributed by atoms with Crippen molar-refractivity contribution in [1.29, 1.82) is 0 Å². The molecule has 30 heavy (non-hydrogen) atoms. The summed E-state index contributed by atoms with van der Waals surface area (Å²) in [5.41, 5.74) is -5.60. The molecule has 1 heterocycles. The summed E-state index contributed by atoms with van der Waals surface area (Å²) >= 11 is 0. The molecule has 1 amide bonds. The summed E-state index contributed by atoms with van der Waals surface area (Å²) in [6.07, 6.45) is -1.19. The standard InChI is InChI=1S/C21H35FN4O3S/c1-17(2)16-30(28,29)24(4)7-5-6-8-25-9-11-26(12-10-25)21-14-19(22)13-20(15-21)23-18(3)27/h13-15,17H,5-12,16H2,1-4H3,(H,23,27)/i1D3,2D3,4D3,7D2,13D,14D,15D,16D2,17D/hD. The lowest BCUT2D eigenvalue weighted by Gasteiger charge is -2.36. The van der Waals surface area contributed by atoms with Crippen LogP contribution in [0.15, 0.2) is 18.1 Å². The minimum atomic E-state index is -6.38. The van der Waals surface area contributed by atoms with E-state index < -0.39 is 95.1 Å². The topological polar surface area (TPSA) is 73.0 Å². The van der Waals surface area contributed by atoms with Crippen molar-refractivity contribution in [1.82, 2.24) is 9.21 Å². The first-order valence-electron chi connectivity index (χ1n) is 17.9. The van der Waals surface area contributed by atoms with E-state index in [0.717, 1.165) is 6.92 Å². The lowest BCUT2D eigenvalue weighted by atomic mass is 10.2. The molecule has 2 rings (SSSR count). The van der Waals surface area contributed by atoms with Crippen LogP contribution in [0.3, 0.4) is 0 Å². The number of halogens is 1. The van der Waals surface area contributed by atoms with Crippen LogP contribution in [-0.2, 0) is 14.8 Å². The number of benzene rings is 1. The van der Waals surface area contributed by atoms with Crippen molar-refractivity contribution in [3.63, 3.8) is 0 Å². The fourth-order valence-corrected chi connectivity index (χ4v) is 3.33. The predicted octanol–water partition coefficient (Wildman–Crippen LogP) is 2.60. The zero-order chi connectivity index (χ0) is 37.8. The van der Waals surface area contributed by atoms with Crippen molar-refractivity contribution >= 4 is 27.3 Å². The largest absolute Gasteiger partial charge is 0.369 e. The van der Waals surface area contributed by atoms with E-state index in [4.69, 9.17) is 24.7 Å². The van der Waals surface area contributed by atoms with Gasteiger partial charge in [-0.2, -0.15) is 0 Å². The summed E-state index contributed by atoms with van der Waals surface area (Å²) in [7, 11) is -6.38. The van der Waals surface area contributed by atoms with Gasteiger partial charge in [-0.1, -0.05) is 13.7 Å². The van der Waals surface area contributed by atoms with Gasteiger partial charge in [0.1, 0.15) is 5.82 Å². The number of hydrogen-bond acceptors (Lipinski definition) is 5. The lowest BCUT2D eigenvalue weighted by molar-refractivity contribution is -0.114. The van der Waals surface area contributed by atoms with Gasteiger partial charge in [0.25, 0.3) is 0 Å². The Labute approximate surface area is 205 Å². The van der Waals surface area contributed by atoms with Crippen molar-refractivity contribution in [2.24, 2.45) is 5.89 Å². The van der Waals surface area contributed by atoms with Gasteiger partial charge in [-0.05, 0) is 43.4 Å². The Balaban J connectivity index is 2.30. The van der Waals surface area contributed by atoms with Crippen LogP contribution in [0.1, 0.15) is 56.8 Å². The van der Waals surface area contributed by atoms with Crippen molar-refractivity contribution in [3.8, 4) is 0 Å². The number of anilines is 2. The fraction of sp³-hybridized carbons (Fsp3) is 0.667. The van der Waals surface area contributed by atoms with Crippen LogP contribution in [0.25, 0.3) is 0 Å². The maximum atomic E-state index is 14.7. The van der Waals surface area contributed by atoms with E-state index in [2.05, 4.69) is 0 Å². The fourth-order valence-electron chi connectivity index (χ4n) is 2.72. The molecule has 1 aliphatic rings. The first kappa shape index (κ1) is 9.42. The van der Waals surface area contributed by atoms with Crippen LogP contribution in [0.5, 0.6) is 0 Å². The zero-order valence-corrected chi connectivity index (χ0v) is 17.1. The first-order valence-corrected chi connectivity index (χ1v) is 10.4. The average Bonchev–Trinajstić information content (AvgIpc) is 2.89. The molecule has 1 N–H and O–H groups in total. The SMILES string of the molecule is [2H]c1c(F)c([2H])c(N([2H])C(C)=O)c([2H])c1N1CCN(CCCC([2H])([2H])N(C([2H])([2H])[2H])S(=O)(=O)C([2H])([2H])C([2H])(C([2H])([2H])[2H])C([2H])([2H])[2H])CC1. The smallest absolute Gasteiger partial charge is 0.221 e. The van der Waals surface area contributed by atoms with Crippen molar-refractivity contribution < 1.29 is 42.3 Å². The molecule has 0 atom stereocenters. The van der Waals surface area contributed by atoms with Crippen LogP contribution in [0.2, 0.25) is 1.41 Å². The number of carbonyl (C=O) groups is 1. The molecule has 0 bridgehead atoms. The van der Waals surface area contributed by atoms with E-state index in [1.54, 1.807) is 4.90 Å². The Hall–Kier alpha value is -1.71. The molecule has 0 aliphatic carbocycles. The average molecular weight is 461 g/mol. The van der Waals surface area contributed by atoms with E-state index in [0.29, 0.717) is 0 Å². The predicted molar refractivity (Wildman–Crippen MR) is 120 cm³/mol. The number of amides is 1. The van der Waals surface area contributed by atoms with E-state index in [-0.39, 0.29) is 50.1 Å². The summed E-state index contributed by atoms with van der Waals surface area (Å²) in [5.74, 6) is -6.68. The highest BCUT2D eigenvalue weighted by Gasteiger charge is 2.20. The molecule has 1 aromatic carbocycles. The Morgan fingerprint density at radius 1 is 1.37 bits per heavy atom. The van der Waals surface area contributed by atoms with Gasteiger partial charge in [-0.15, -0.1) is 0 Å². The molecule has 9 heteroatoms. The monoisotopic (exact) mass is 460 g/mol. The lowest BCUT2D eigenvalue weighted by Crippen LogP contribution is -2.46. The zero-order valence-electron chi connectivity index (χ0n) is 34.2. The minimum absolute atomic E-state index is 0.0282. The number of carbonyl (C=O) groups excluding carboxylic acids is 1. The van der Waals surface area contributed by atoms with Crippen LogP contribution in [-0.4, -0.2) is 75.4 Å². The quantitative estimate of drug-likeness (QED) is 0.581. The highest BCUT2D eigenvalue weighted by molar-refractivity contribution is 7.89. The Morgan fingerprint density at radius 2 is 2.10 bits per heavy atom. The van der Waals surface area contributed by atoms with Gasteiger partial charge < -0.3 is 10.2 Å². The molecule has 0 unspecified atom stereocenters. The van der Waals surface area contributed by atoms with Crippen LogP contribution < -0.4 is 10.2 Å². The third-order valence-electron chi connectivity index (χ3n) is 4.03. The van der Waals surface area contributed by atoms with Gasteiger partial charge >= 0.3 is 0 Å². The number of sulfonamides is 1. The second-order valence-corrected chi connectivity index (χ2v) is 7.87. The number of hydrogen-bond donors (Lipinski definition) is 1. The summed E-state index contributed by atoms with van der Waals surface area (Å²) < 4.78 is 181. The summed E-state index contributed by atoms with van der Waals surface area (Å²) in [6, 6.07) is -2.37. The summed E-state index contributed by atoms with van der Waals surface area (Å²) in [6.45, 7) is -14.5. The molecule has 0 saturated carbocycles. The molecule has 0 spiro atoms. The van der Waals surface area contributed by atoms with E-state index in [1.165, 1.54) is 4.90 Å². The Morgan fingerprint density at radius 3 is 2.73 bits per heavy atom. The van der Waals surface area contributed by atoms with Gasteiger partial charge in [0.2, 0.25) is 15.9 Å². The summed E-state index contributed by atoms with van der Waals surface area (Å²) in [4.78, 5) is 14.8. The number of nitrogens with one attached hydrogen (secondary N) is 1. The second-order valence-electron chi connectivity index (χ2n) is 6.35. The number of nitrogens with zero attached hydrogens (tertiary/aromatic N) is 3. The minimum Gasteiger partial charge on any atom is -0.369 e. The maximum absolute atomic E-state index is 14.7. The van der Waals surface area contributed by atoms with Crippen LogP contribution in [0.4, 0.5) is 15.8 Å². The van der Waals surface area contributed by atoms with Gasteiger partial charge in [0, 0.05) is 77.1 Å². The third-order valence-corrected chi connectivity index (χ3v) is 5.10. The van der Waals surface area contributed by atoms with Gasteiger partial charge in [0.05, 0.1) is 9.82 Å². The molecule has 1 aliphatic heterocycles. The van der Waals surface area contributed by atoms with Gasteiger partial charge in [0.15, 0.2) is 1.41 Å². The number of rotatable bonds is 10. The molecule has 1 saturated heterocycles. The first-order chi connectivity index (χ1) is 21.3. The van der Waals surface area contributed by atoms with E-state index in [9.17, 15) is 17.6 Å². The van der Waals surface area contributed by atoms with Crippen LogP contribution in [0, 0.1) is 11.7 Å². The highest BCUT2D eigenvalue weighted by atomic mass is 32.2. The van der Waals surface area contributed by atoms with E-state index >= 15 is 0 Å². The van der Waals surface area contributed by atoms with Gasteiger partial charge in [-0.25, -0.2) is 17.1 Å². The molecule has 170 valence electrons. The normalized spacial score (nSPS) is 27.1.